The number of pyridine rings is 1. The first kappa shape index (κ1) is 33.6. The fourth-order valence-corrected chi connectivity index (χ4v) is 15.6. The Morgan fingerprint density at radius 3 is 2.09 bits per heavy atom. The molecule has 1 unspecified atom stereocenters. The van der Waals surface area contributed by atoms with Crippen molar-refractivity contribution in [3.63, 3.8) is 0 Å². The first-order valence-electron chi connectivity index (χ1n) is 19.2. The zero-order valence-electron chi connectivity index (χ0n) is 31.1. The van der Waals surface area contributed by atoms with Crippen molar-refractivity contribution in [3.8, 4) is 11.4 Å². The first-order chi connectivity index (χ1) is 28.1. The highest BCUT2D eigenvalue weighted by Crippen LogP contribution is 2.43. The number of nitrogens with zero attached hydrogens (tertiary/aromatic N) is 4. The Morgan fingerprint density at radius 1 is 0.632 bits per heavy atom. The van der Waals surface area contributed by atoms with Crippen LogP contribution in [0.15, 0.2) is 188 Å². The van der Waals surface area contributed by atoms with E-state index >= 15 is 4.39 Å². The summed E-state index contributed by atoms with van der Waals surface area (Å²) < 4.78 is 21.5. The number of hydrogen-bond donors (Lipinski definition) is 0. The molecule has 0 aliphatic carbocycles. The van der Waals surface area contributed by atoms with E-state index in [1.165, 1.54) is 36.2 Å². The number of aryl methyl sites for hydroxylation is 1. The molecular formula is C50H35FN4SSi. The molecule has 1 atom stereocenters. The van der Waals surface area contributed by atoms with E-state index in [4.69, 9.17) is 9.97 Å². The second-order valence-corrected chi connectivity index (χ2v) is 19.5. The molecule has 0 bridgehead atoms. The fourth-order valence-electron chi connectivity index (χ4n) is 9.13. The molecule has 11 rings (SSSR count). The first-order valence-corrected chi connectivity index (χ1v) is 22.0. The van der Waals surface area contributed by atoms with Crippen LogP contribution in [-0.2, 0) is 7.05 Å². The van der Waals surface area contributed by atoms with Gasteiger partial charge in [-0.1, -0.05) is 140 Å². The van der Waals surface area contributed by atoms with Gasteiger partial charge in [-0.3, -0.25) is 4.90 Å². The van der Waals surface area contributed by atoms with Gasteiger partial charge >= 0.3 is 0 Å². The van der Waals surface area contributed by atoms with Crippen LogP contribution in [-0.4, -0.2) is 22.6 Å². The molecule has 4 nitrogen and oxygen atoms in total. The van der Waals surface area contributed by atoms with E-state index in [0.717, 1.165) is 44.3 Å². The number of rotatable bonds is 6. The van der Waals surface area contributed by atoms with Crippen LogP contribution in [0.1, 0.15) is 17.3 Å². The maximum absolute atomic E-state index is 17.1. The lowest BCUT2D eigenvalue weighted by atomic mass is 9.99. The molecule has 10 aromatic rings. The molecule has 0 saturated carbocycles. The molecule has 0 spiro atoms. The van der Waals surface area contributed by atoms with Gasteiger partial charge in [0, 0.05) is 50.8 Å². The van der Waals surface area contributed by atoms with Gasteiger partial charge in [-0.05, 0) is 69.2 Å². The maximum atomic E-state index is 17.1. The van der Waals surface area contributed by atoms with Crippen molar-refractivity contribution in [1.29, 1.82) is 0 Å². The van der Waals surface area contributed by atoms with Gasteiger partial charge in [-0.25, -0.2) is 14.4 Å². The molecule has 1 aliphatic rings. The number of hydrogen-bond acceptors (Lipinski definition) is 4. The lowest BCUT2D eigenvalue weighted by Gasteiger charge is -2.44. The average Bonchev–Trinajstić information content (AvgIpc) is 3.83. The summed E-state index contributed by atoms with van der Waals surface area (Å²) in [6.45, 7) is 0. The molecule has 57 heavy (non-hydrogen) atoms. The Hall–Kier alpha value is -6.67. The Balaban J connectivity index is 1.13. The van der Waals surface area contributed by atoms with Crippen molar-refractivity contribution in [3.05, 3.63) is 199 Å². The Kier molecular flexibility index (Phi) is 7.81. The molecule has 4 heterocycles. The highest BCUT2D eigenvalue weighted by atomic mass is 32.1. The average molecular weight is 771 g/mol. The summed E-state index contributed by atoms with van der Waals surface area (Å²) in [5, 5.41) is 7.61. The quantitative estimate of drug-likeness (QED) is 0.158. The maximum Gasteiger partial charge on any atom is 0.187 e. The van der Waals surface area contributed by atoms with Crippen molar-refractivity contribution in [1.82, 2.24) is 14.5 Å². The minimum Gasteiger partial charge on any atom is -0.327 e. The summed E-state index contributed by atoms with van der Waals surface area (Å²) in [7, 11) is -1.01. The molecular weight excluding hydrogens is 736 g/mol. The smallest absolute Gasteiger partial charge is 0.187 e. The van der Waals surface area contributed by atoms with E-state index in [1.54, 1.807) is 11.3 Å². The van der Waals surface area contributed by atoms with Gasteiger partial charge in [0.05, 0.1) is 15.7 Å². The van der Waals surface area contributed by atoms with Gasteiger partial charge in [0.1, 0.15) is 11.6 Å². The molecule has 1 aliphatic heterocycles. The van der Waals surface area contributed by atoms with Gasteiger partial charge in [-0.2, -0.15) is 0 Å². The van der Waals surface area contributed by atoms with Crippen LogP contribution in [0.25, 0.3) is 42.6 Å². The lowest BCUT2D eigenvalue weighted by molar-refractivity contribution is 0.402. The predicted octanol–water partition coefficient (Wildman–Crippen LogP) is 10.2. The minimum absolute atomic E-state index is 0.580. The van der Waals surface area contributed by atoms with Gasteiger partial charge in [-0.15, -0.1) is 11.3 Å². The highest BCUT2D eigenvalue weighted by Gasteiger charge is 2.51. The standard InChI is InChI=1S/C50H35FN4SSi/c1-54-41-26-10-9-25-40(41)53-49(54)35-18-14-16-33(30-35)47(51)34-17-15-19-36(31-34)55-42-27-11-13-29-45(42)57(37-20-4-2-5-21-37,38-22-6-3-7-23-38)48-46-39-24-8-12-28-43(39)56-44(46)32-52-50(48)55/h2-32,47H,1H3. The second-order valence-electron chi connectivity index (χ2n) is 14.7. The molecule has 3 aromatic heterocycles. The number of para-hydroxylation sites is 3. The number of thiophene rings is 1. The third-order valence-electron chi connectivity index (χ3n) is 11.6. The number of alkyl halides is 1. The van der Waals surface area contributed by atoms with Crippen LogP contribution in [0.3, 0.4) is 0 Å². The van der Waals surface area contributed by atoms with E-state index in [9.17, 15) is 0 Å². The monoisotopic (exact) mass is 770 g/mol. The van der Waals surface area contributed by atoms with Crippen molar-refractivity contribution in [2.75, 3.05) is 4.90 Å². The summed E-state index contributed by atoms with van der Waals surface area (Å²) in [6.07, 6.45) is 0.681. The topological polar surface area (TPSA) is 34.0 Å². The van der Waals surface area contributed by atoms with Crippen LogP contribution in [0.2, 0.25) is 0 Å². The molecule has 0 N–H and O–H groups in total. The highest BCUT2D eigenvalue weighted by molar-refractivity contribution is 7.28. The van der Waals surface area contributed by atoms with Crippen LogP contribution < -0.4 is 25.6 Å². The number of imidazole rings is 1. The molecule has 0 radical (unpaired) electrons. The molecule has 0 amide bonds. The summed E-state index contributed by atoms with van der Waals surface area (Å²) >= 11 is 1.79. The van der Waals surface area contributed by atoms with Gasteiger partial charge < -0.3 is 4.57 Å². The number of fused-ring (bicyclic) bond motifs is 7. The Labute approximate surface area is 334 Å². The minimum atomic E-state index is -3.02. The largest absolute Gasteiger partial charge is 0.327 e. The van der Waals surface area contributed by atoms with E-state index in [-0.39, 0.29) is 0 Å². The van der Waals surface area contributed by atoms with Gasteiger partial charge in [0.2, 0.25) is 0 Å². The van der Waals surface area contributed by atoms with Gasteiger partial charge in [0.15, 0.2) is 14.2 Å². The normalized spacial score (nSPS) is 13.8. The number of benzene rings is 7. The van der Waals surface area contributed by atoms with Crippen molar-refractivity contribution < 1.29 is 4.39 Å². The zero-order chi connectivity index (χ0) is 38.1. The van der Waals surface area contributed by atoms with Crippen LogP contribution in [0.5, 0.6) is 0 Å². The summed E-state index contributed by atoms with van der Waals surface area (Å²) in [5.41, 5.74) is 5.93. The van der Waals surface area contributed by atoms with E-state index in [0.29, 0.717) is 11.1 Å². The zero-order valence-corrected chi connectivity index (χ0v) is 32.9. The molecule has 0 saturated heterocycles. The molecule has 0 fully saturated rings. The van der Waals surface area contributed by atoms with Crippen molar-refractivity contribution >= 4 is 88.6 Å². The lowest BCUT2D eigenvalue weighted by Crippen LogP contribution is -2.77. The van der Waals surface area contributed by atoms with E-state index in [1.807, 2.05) is 73.9 Å². The number of anilines is 3. The predicted molar refractivity (Wildman–Crippen MR) is 238 cm³/mol. The van der Waals surface area contributed by atoms with E-state index < -0.39 is 14.2 Å². The fraction of sp³-hybridized carbons (Fsp3) is 0.0400. The Bertz CT molecular complexity index is 3100. The number of aromatic nitrogens is 3. The third kappa shape index (κ3) is 5.09. The van der Waals surface area contributed by atoms with Gasteiger partial charge in [0.25, 0.3) is 0 Å². The molecule has 7 heteroatoms. The van der Waals surface area contributed by atoms with E-state index in [2.05, 4.69) is 131 Å². The van der Waals surface area contributed by atoms with Crippen LogP contribution >= 0.6 is 11.3 Å². The SMILES string of the molecule is Cn1c(-c2cccc(C(F)c3cccc(N4c5ccccc5[Si](c5ccccc5)(c5ccccc5)c5c4ncc4sc6ccccc6c54)c3)c2)nc2ccccc21. The summed E-state index contributed by atoms with van der Waals surface area (Å²) in [4.78, 5) is 12.6. The molecule has 272 valence electrons. The second kappa shape index (κ2) is 13.2. The third-order valence-corrected chi connectivity index (χ3v) is 17.6. The van der Waals surface area contributed by atoms with Crippen LogP contribution in [0.4, 0.5) is 21.6 Å². The number of halogens is 1. The van der Waals surface area contributed by atoms with Crippen molar-refractivity contribution in [2.24, 2.45) is 7.05 Å². The summed E-state index contributed by atoms with van der Waals surface area (Å²) in [5.74, 6) is 1.70. The summed E-state index contributed by atoms with van der Waals surface area (Å²) in [6, 6.07) is 63.4. The molecule has 7 aromatic carbocycles. The Morgan fingerprint density at radius 2 is 1.30 bits per heavy atom. The van der Waals surface area contributed by atoms with Crippen LogP contribution in [0, 0.1) is 0 Å². The van der Waals surface area contributed by atoms with Crippen molar-refractivity contribution in [2.45, 2.75) is 6.17 Å².